The van der Waals surface area contributed by atoms with Crippen LogP contribution in [0.4, 0.5) is 0 Å². The highest BCUT2D eigenvalue weighted by atomic mass is 16.1. The molecule has 9 rings (SSSR count). The zero-order chi connectivity index (χ0) is 25.7. The first-order valence-electron chi connectivity index (χ1n) is 13.5. The van der Waals surface area contributed by atoms with Crippen molar-refractivity contribution in [2.24, 2.45) is 0 Å². The van der Waals surface area contributed by atoms with Crippen molar-refractivity contribution in [2.75, 3.05) is 0 Å². The minimum atomic E-state index is -0.255. The topological polar surface area (TPSA) is 34.1 Å². The van der Waals surface area contributed by atoms with Crippen LogP contribution in [0.1, 0.15) is 75.1 Å². The molecule has 2 unspecified atom stereocenters. The maximum atomic E-state index is 14.9. The molecule has 0 saturated heterocycles. The van der Waals surface area contributed by atoms with Gasteiger partial charge in [0.2, 0.25) is 0 Å². The van der Waals surface area contributed by atoms with E-state index in [0.717, 1.165) is 33.4 Å². The van der Waals surface area contributed by atoms with Gasteiger partial charge in [0.1, 0.15) is 0 Å². The molecule has 2 heteroatoms. The Morgan fingerprint density at radius 3 is 1.21 bits per heavy atom. The van der Waals surface area contributed by atoms with E-state index >= 15 is 0 Å². The van der Waals surface area contributed by atoms with Crippen molar-refractivity contribution in [3.05, 3.63) is 164 Å². The van der Waals surface area contributed by atoms with Crippen molar-refractivity contribution in [3.8, 4) is 0 Å². The molecule has 0 amide bonds. The third-order valence-corrected chi connectivity index (χ3v) is 9.37. The van der Waals surface area contributed by atoms with Gasteiger partial charge in [-0.25, -0.2) is 0 Å². The van der Waals surface area contributed by atoms with E-state index in [4.69, 9.17) is 0 Å². The number of ketones is 2. The fourth-order valence-corrected chi connectivity index (χ4v) is 7.81. The molecule has 5 aliphatic carbocycles. The Bertz CT molecular complexity index is 1750. The van der Waals surface area contributed by atoms with E-state index in [1.54, 1.807) is 0 Å². The Morgan fingerprint density at radius 2 is 0.737 bits per heavy atom. The van der Waals surface area contributed by atoms with E-state index in [2.05, 4.69) is 92.7 Å². The molecule has 0 heterocycles. The van der Waals surface area contributed by atoms with Gasteiger partial charge >= 0.3 is 0 Å². The molecule has 0 aromatic heterocycles. The van der Waals surface area contributed by atoms with Crippen LogP contribution in [0.15, 0.2) is 119 Å². The standard InChI is InChI=1S/C36H26O2/c1-19-11-3-4-12-21(19)29-23-14-6-5-13-22(23)20(2)28-32(29)36(38)34-31-26-17-9-7-15-24(26)30(33(34)35(28)37)25-16-8-10-18-27(25)31/h3-18,20,29-31H,1-2H3. The monoisotopic (exact) mass is 490 g/mol. The number of rotatable bonds is 1. The quantitative estimate of drug-likeness (QED) is 0.263. The Morgan fingerprint density at radius 1 is 0.421 bits per heavy atom. The van der Waals surface area contributed by atoms with Crippen LogP contribution in [-0.2, 0) is 9.59 Å². The van der Waals surface area contributed by atoms with Gasteiger partial charge in [-0.1, -0.05) is 104 Å². The lowest BCUT2D eigenvalue weighted by atomic mass is 9.54. The second-order valence-electron chi connectivity index (χ2n) is 11.1. The molecule has 4 aromatic rings. The van der Waals surface area contributed by atoms with Crippen molar-refractivity contribution < 1.29 is 9.59 Å². The zero-order valence-electron chi connectivity index (χ0n) is 21.4. The van der Waals surface area contributed by atoms with Gasteiger partial charge in [-0.2, -0.15) is 0 Å². The van der Waals surface area contributed by atoms with E-state index in [1.807, 2.05) is 18.2 Å². The first kappa shape index (κ1) is 21.8. The molecule has 0 aliphatic heterocycles. The van der Waals surface area contributed by atoms with Gasteiger partial charge in [-0.3, -0.25) is 9.59 Å². The Hall–Kier alpha value is -4.30. The molecule has 4 aromatic carbocycles. The molecule has 38 heavy (non-hydrogen) atoms. The van der Waals surface area contributed by atoms with Crippen molar-refractivity contribution in [1.29, 1.82) is 0 Å². The fourth-order valence-electron chi connectivity index (χ4n) is 7.81. The molecule has 0 fully saturated rings. The Balaban J connectivity index is 1.42. The normalized spacial score (nSPS) is 24.5. The van der Waals surface area contributed by atoms with Crippen LogP contribution in [0.5, 0.6) is 0 Å². The highest BCUT2D eigenvalue weighted by Crippen LogP contribution is 2.61. The first-order valence-corrected chi connectivity index (χ1v) is 13.5. The molecular formula is C36H26O2. The molecular weight excluding hydrogens is 464 g/mol. The number of Topliss-reactive ketones (excluding diaryl/α,β-unsaturated/α-hetero) is 2. The highest BCUT2D eigenvalue weighted by molar-refractivity contribution is 6.29. The number of hydrogen-bond donors (Lipinski definition) is 0. The molecule has 2 atom stereocenters. The summed E-state index contributed by atoms with van der Waals surface area (Å²) in [7, 11) is 0. The minimum absolute atomic E-state index is 0.0585. The van der Waals surface area contributed by atoms with Crippen LogP contribution in [0.2, 0.25) is 0 Å². The lowest BCUT2D eigenvalue weighted by Gasteiger charge is -2.47. The van der Waals surface area contributed by atoms with Crippen LogP contribution < -0.4 is 0 Å². The number of hydrogen-bond acceptors (Lipinski definition) is 2. The zero-order valence-corrected chi connectivity index (χ0v) is 21.4. The summed E-state index contributed by atoms with van der Waals surface area (Å²) in [5.41, 5.74) is 12.0. The maximum absolute atomic E-state index is 14.9. The smallest absolute Gasteiger partial charge is 0.187 e. The Kier molecular flexibility index (Phi) is 4.36. The van der Waals surface area contributed by atoms with E-state index < -0.39 is 0 Å². The summed E-state index contributed by atoms with van der Waals surface area (Å²) in [6.07, 6.45) is 0. The number of allylic oxidation sites excluding steroid dienone is 4. The van der Waals surface area contributed by atoms with Gasteiger partial charge in [0.25, 0.3) is 0 Å². The molecule has 5 aliphatic rings. The second-order valence-corrected chi connectivity index (χ2v) is 11.1. The van der Waals surface area contributed by atoms with Crippen LogP contribution >= 0.6 is 0 Å². The summed E-state index contributed by atoms with van der Waals surface area (Å²) < 4.78 is 0. The van der Waals surface area contributed by atoms with E-state index in [9.17, 15) is 9.59 Å². The maximum Gasteiger partial charge on any atom is 0.187 e. The van der Waals surface area contributed by atoms with Gasteiger partial charge < -0.3 is 0 Å². The molecule has 2 bridgehead atoms. The third-order valence-electron chi connectivity index (χ3n) is 9.37. The molecule has 0 saturated carbocycles. The highest BCUT2D eigenvalue weighted by Gasteiger charge is 2.53. The SMILES string of the molecule is Cc1ccccc1C1C2=C(C(=O)C3=C(C2=O)C2c4ccccc4C3c3ccccc32)C(C)c2ccccc21. The van der Waals surface area contributed by atoms with Gasteiger partial charge in [-0.15, -0.1) is 0 Å². The minimum Gasteiger partial charge on any atom is -0.289 e. The number of benzene rings is 4. The number of carbonyl (C=O) groups excluding carboxylic acids is 2. The van der Waals surface area contributed by atoms with Crippen LogP contribution in [-0.4, -0.2) is 11.6 Å². The van der Waals surface area contributed by atoms with Crippen molar-refractivity contribution in [3.63, 3.8) is 0 Å². The summed E-state index contributed by atoms with van der Waals surface area (Å²) in [6, 6.07) is 33.5. The predicted octanol–water partition coefficient (Wildman–Crippen LogP) is 7.28. The number of aryl methyl sites for hydroxylation is 1. The fraction of sp³-hybridized carbons (Fsp3) is 0.167. The van der Waals surface area contributed by atoms with Crippen LogP contribution in [0.25, 0.3) is 0 Å². The summed E-state index contributed by atoms with van der Waals surface area (Å²) in [6.45, 7) is 4.20. The van der Waals surface area contributed by atoms with E-state index in [-0.39, 0.29) is 35.2 Å². The summed E-state index contributed by atoms with van der Waals surface area (Å²) >= 11 is 0. The van der Waals surface area contributed by atoms with E-state index in [0.29, 0.717) is 22.3 Å². The molecule has 0 spiro atoms. The number of fused-ring (bicyclic) bond motifs is 1. The van der Waals surface area contributed by atoms with Crippen molar-refractivity contribution in [2.45, 2.75) is 37.5 Å². The second kappa shape index (κ2) is 7.61. The van der Waals surface area contributed by atoms with E-state index in [1.165, 1.54) is 11.1 Å². The van der Waals surface area contributed by atoms with Crippen molar-refractivity contribution in [1.82, 2.24) is 0 Å². The van der Waals surface area contributed by atoms with Crippen LogP contribution in [0, 0.1) is 6.92 Å². The average molecular weight is 491 g/mol. The van der Waals surface area contributed by atoms with Gasteiger partial charge in [0.15, 0.2) is 11.6 Å². The summed E-state index contributed by atoms with van der Waals surface area (Å²) in [5, 5.41) is 0. The number of carbonyl (C=O) groups is 2. The molecule has 2 nitrogen and oxygen atoms in total. The predicted molar refractivity (Wildman–Crippen MR) is 149 cm³/mol. The summed E-state index contributed by atoms with van der Waals surface area (Å²) in [5.74, 6) is -0.683. The van der Waals surface area contributed by atoms with Crippen LogP contribution in [0.3, 0.4) is 0 Å². The van der Waals surface area contributed by atoms with Crippen molar-refractivity contribution >= 4 is 11.6 Å². The Labute approximate surface area is 222 Å². The van der Waals surface area contributed by atoms with Gasteiger partial charge in [0, 0.05) is 46.0 Å². The largest absolute Gasteiger partial charge is 0.289 e. The summed E-state index contributed by atoms with van der Waals surface area (Å²) in [4.78, 5) is 29.7. The first-order chi connectivity index (χ1) is 18.6. The lowest BCUT2D eigenvalue weighted by Crippen LogP contribution is -2.41. The lowest BCUT2D eigenvalue weighted by molar-refractivity contribution is -0.117. The van der Waals surface area contributed by atoms with Gasteiger partial charge in [-0.05, 0) is 51.4 Å². The molecule has 0 N–H and O–H groups in total. The third kappa shape index (κ3) is 2.58. The van der Waals surface area contributed by atoms with Gasteiger partial charge in [0.05, 0.1) is 0 Å². The average Bonchev–Trinajstić information content (AvgIpc) is 2.96. The molecule has 182 valence electrons. The molecule has 0 radical (unpaired) electrons.